The van der Waals surface area contributed by atoms with E-state index in [4.69, 9.17) is 20.4 Å². The van der Waals surface area contributed by atoms with E-state index in [1.54, 1.807) is 0 Å². The molecule has 0 amide bonds. The first-order chi connectivity index (χ1) is 16.1. The molecule has 0 unspecified atom stereocenters. The molecule has 16 nitrogen and oxygen atoms in total. The van der Waals surface area contributed by atoms with Gasteiger partial charge in [-0.1, -0.05) is 0 Å². The number of hydrogen-bond acceptors (Lipinski definition) is 12. The van der Waals surface area contributed by atoms with Gasteiger partial charge in [0, 0.05) is 21.1 Å². The molecule has 37 heavy (non-hydrogen) atoms. The Morgan fingerprint density at radius 2 is 0.459 bits per heavy atom. The van der Waals surface area contributed by atoms with Crippen LogP contribution in [0.25, 0.3) is 0 Å². The third-order valence-corrected chi connectivity index (χ3v) is 2.59. The summed E-state index contributed by atoms with van der Waals surface area (Å²) < 4.78 is 0. The SMILES string of the molecule is CC(=O)CC(=O)C(=O)O.CC(=O)CC(=O)C(=O)O.CC(=O)CC(=O)C(=O)O.CC(=O)CC(=O)C(=O)O.[W]. The molecule has 206 valence electrons. The topological polar surface area (TPSA) is 286 Å². The Labute approximate surface area is 222 Å². The number of hydrogen-bond donors (Lipinski definition) is 4. The average Bonchev–Trinajstić information content (AvgIpc) is 2.67. The van der Waals surface area contributed by atoms with Crippen molar-refractivity contribution in [2.24, 2.45) is 0 Å². The van der Waals surface area contributed by atoms with Gasteiger partial charge in [-0.3, -0.25) is 38.4 Å². The molecule has 4 N–H and O–H groups in total. The number of aliphatic carboxylic acids is 4. The predicted molar refractivity (Wildman–Crippen MR) is 112 cm³/mol. The second-order valence-corrected chi connectivity index (χ2v) is 6.43. The fourth-order valence-electron chi connectivity index (χ4n) is 1.21. The van der Waals surface area contributed by atoms with Crippen LogP contribution >= 0.6 is 0 Å². The minimum absolute atomic E-state index is 0. The Kier molecular flexibility index (Phi) is 27.5. The van der Waals surface area contributed by atoms with Crippen LogP contribution in [0.5, 0.6) is 0 Å². The van der Waals surface area contributed by atoms with E-state index in [-0.39, 0.29) is 21.1 Å². The number of carboxylic acids is 4. The molecule has 0 rings (SSSR count). The fourth-order valence-corrected chi connectivity index (χ4v) is 1.21. The number of carbonyl (C=O) groups excluding carboxylic acids is 8. The van der Waals surface area contributed by atoms with Crippen molar-refractivity contribution in [2.45, 2.75) is 53.4 Å². The van der Waals surface area contributed by atoms with Gasteiger partial charge < -0.3 is 20.4 Å². The van der Waals surface area contributed by atoms with E-state index in [9.17, 15) is 57.5 Å². The zero-order valence-electron chi connectivity index (χ0n) is 19.9. The summed E-state index contributed by atoms with van der Waals surface area (Å²) >= 11 is 0. The monoisotopic (exact) mass is 704 g/mol. The molecule has 0 aliphatic heterocycles. The Hall–Kier alpha value is -4.07. The number of ketones is 8. The Morgan fingerprint density at radius 3 is 0.486 bits per heavy atom. The Balaban J connectivity index is -0.000000122. The van der Waals surface area contributed by atoms with Crippen molar-refractivity contribution in [2.75, 3.05) is 0 Å². The molecule has 0 aliphatic carbocycles. The molecule has 0 spiro atoms. The minimum atomic E-state index is -1.55. The molecule has 0 radical (unpaired) electrons. The predicted octanol–water partition coefficient (Wildman–Crippen LogP) is -1.53. The summed E-state index contributed by atoms with van der Waals surface area (Å²) in [6, 6.07) is 0. The van der Waals surface area contributed by atoms with Crippen molar-refractivity contribution < 1.29 is 99.0 Å². The van der Waals surface area contributed by atoms with Crippen molar-refractivity contribution >= 4 is 70.1 Å². The molecule has 0 aromatic heterocycles. The van der Waals surface area contributed by atoms with E-state index in [0.29, 0.717) is 0 Å². The van der Waals surface area contributed by atoms with Crippen molar-refractivity contribution in [3.05, 3.63) is 0 Å². The van der Waals surface area contributed by atoms with Gasteiger partial charge >= 0.3 is 23.9 Å². The van der Waals surface area contributed by atoms with E-state index in [2.05, 4.69) is 0 Å². The smallest absolute Gasteiger partial charge is 0.372 e. The first-order valence-corrected chi connectivity index (χ1v) is 9.17. The Bertz CT molecular complexity index is 792. The van der Waals surface area contributed by atoms with Crippen LogP contribution in [0.15, 0.2) is 0 Å². The van der Waals surface area contributed by atoms with Crippen molar-refractivity contribution in [1.82, 2.24) is 0 Å². The molecule has 17 heteroatoms. The van der Waals surface area contributed by atoms with Crippen LogP contribution < -0.4 is 0 Å². The molecule has 0 atom stereocenters. The van der Waals surface area contributed by atoms with E-state index < -0.39 is 95.8 Å². The van der Waals surface area contributed by atoms with Gasteiger partial charge in [0.05, 0.1) is 25.7 Å². The molecule has 0 fully saturated rings. The summed E-state index contributed by atoms with van der Waals surface area (Å²) in [5.41, 5.74) is 0. The van der Waals surface area contributed by atoms with Crippen molar-refractivity contribution in [1.29, 1.82) is 0 Å². The van der Waals surface area contributed by atoms with Gasteiger partial charge in [0.1, 0.15) is 23.1 Å². The van der Waals surface area contributed by atoms with Gasteiger partial charge in [-0.2, -0.15) is 0 Å². The molecular weight excluding hydrogens is 680 g/mol. The molecule has 0 aromatic carbocycles. The molecular formula is C20H24O16W. The minimum Gasteiger partial charge on any atom is -0.475 e. The van der Waals surface area contributed by atoms with Crippen molar-refractivity contribution in [3.8, 4) is 0 Å². The maximum atomic E-state index is 10.1. The zero-order valence-corrected chi connectivity index (χ0v) is 22.9. The third kappa shape index (κ3) is 36.7. The van der Waals surface area contributed by atoms with Crippen LogP contribution in [-0.2, 0) is 78.6 Å². The molecule has 0 saturated carbocycles. The van der Waals surface area contributed by atoms with Crippen LogP contribution in [0.4, 0.5) is 0 Å². The second-order valence-electron chi connectivity index (χ2n) is 6.43. The van der Waals surface area contributed by atoms with E-state index >= 15 is 0 Å². The first kappa shape index (κ1) is 43.0. The van der Waals surface area contributed by atoms with Crippen LogP contribution in [0, 0.1) is 0 Å². The average molecular weight is 704 g/mol. The number of Topliss-reactive ketones (excluding diaryl/α,β-unsaturated/α-hetero) is 8. The van der Waals surface area contributed by atoms with Gasteiger partial charge in [-0.05, 0) is 27.7 Å². The van der Waals surface area contributed by atoms with Gasteiger partial charge in [0.25, 0.3) is 0 Å². The van der Waals surface area contributed by atoms with Crippen LogP contribution in [0.3, 0.4) is 0 Å². The molecule has 0 saturated heterocycles. The summed E-state index contributed by atoms with van der Waals surface area (Å²) in [4.78, 5) is 120. The van der Waals surface area contributed by atoms with E-state index in [1.807, 2.05) is 0 Å². The molecule has 0 bridgehead atoms. The van der Waals surface area contributed by atoms with Gasteiger partial charge in [0.2, 0.25) is 23.1 Å². The number of carboxylic acid groups (broad SMARTS) is 4. The fraction of sp³-hybridized carbons (Fsp3) is 0.400. The second kappa shape index (κ2) is 23.7. The molecule has 0 heterocycles. The summed E-state index contributed by atoms with van der Waals surface area (Å²) in [5.74, 6) is -12.1. The van der Waals surface area contributed by atoms with Gasteiger partial charge in [-0.25, -0.2) is 19.2 Å². The molecule has 0 aromatic rings. The van der Waals surface area contributed by atoms with E-state index in [1.165, 1.54) is 27.7 Å². The largest absolute Gasteiger partial charge is 0.475 e. The summed E-state index contributed by atoms with van der Waals surface area (Å²) in [5, 5.41) is 31.7. The number of carbonyl (C=O) groups is 12. The summed E-state index contributed by atoms with van der Waals surface area (Å²) in [6.07, 6.45) is -2.02. The molecule has 0 aliphatic rings. The van der Waals surface area contributed by atoms with Gasteiger partial charge in [-0.15, -0.1) is 0 Å². The van der Waals surface area contributed by atoms with E-state index in [0.717, 1.165) is 0 Å². The standard InChI is InChI=1S/4C5H6O4.W/c4*1-3(6)2-4(7)5(8)9;/h4*2H2,1H3,(H,8,9);. The maximum absolute atomic E-state index is 10.1. The van der Waals surface area contributed by atoms with Crippen LogP contribution in [-0.4, -0.2) is 90.6 Å². The van der Waals surface area contributed by atoms with Gasteiger partial charge in [0.15, 0.2) is 0 Å². The summed E-state index contributed by atoms with van der Waals surface area (Å²) in [7, 11) is 0. The van der Waals surface area contributed by atoms with Crippen LogP contribution in [0.1, 0.15) is 53.4 Å². The first-order valence-electron chi connectivity index (χ1n) is 9.17. The normalized spacial score (nSPS) is 8.32. The maximum Gasteiger partial charge on any atom is 0.372 e. The number of rotatable bonds is 12. The summed E-state index contributed by atoms with van der Waals surface area (Å²) in [6.45, 7) is 4.67. The van der Waals surface area contributed by atoms with Crippen LogP contribution in [0.2, 0.25) is 0 Å². The zero-order chi connectivity index (χ0) is 29.8. The Morgan fingerprint density at radius 1 is 0.351 bits per heavy atom. The van der Waals surface area contributed by atoms with Crippen molar-refractivity contribution in [3.63, 3.8) is 0 Å². The third-order valence-electron chi connectivity index (χ3n) is 2.59. The quantitative estimate of drug-likeness (QED) is 0.132.